The van der Waals surface area contributed by atoms with Crippen molar-refractivity contribution < 1.29 is 14.7 Å². The van der Waals surface area contributed by atoms with Crippen molar-refractivity contribution in [1.29, 1.82) is 0 Å². The Morgan fingerprint density at radius 1 is 1.36 bits per heavy atom. The van der Waals surface area contributed by atoms with Crippen molar-refractivity contribution in [1.82, 2.24) is 0 Å². The summed E-state index contributed by atoms with van der Waals surface area (Å²) in [5.41, 5.74) is 0.331. The molecule has 0 radical (unpaired) electrons. The number of carboxylic acid groups (broad SMARTS) is 1. The highest BCUT2D eigenvalue weighted by Gasteiger charge is 1.96. The second-order valence-electron chi connectivity index (χ2n) is 2.58. The zero-order valence-electron chi connectivity index (χ0n) is 7.59. The van der Waals surface area contributed by atoms with Crippen LogP contribution in [0.2, 0.25) is 0 Å². The molecule has 2 rings (SSSR count). The number of benzene rings is 1. The van der Waals surface area contributed by atoms with Gasteiger partial charge >= 0.3 is 5.97 Å². The molecule has 0 atom stereocenters. The lowest BCUT2D eigenvalue weighted by Gasteiger charge is -1.88. The zero-order chi connectivity index (χ0) is 10.2. The molecule has 0 saturated heterocycles. The SMILES string of the molecule is C1=NOCC1.O=C(O)c1ccccc1. The molecule has 74 valence electrons. The lowest BCUT2D eigenvalue weighted by atomic mass is 10.2. The first-order chi connectivity index (χ1) is 6.80. The fraction of sp³-hybridized carbons (Fsp3) is 0.200. The molecule has 0 unspecified atom stereocenters. The second-order valence-corrected chi connectivity index (χ2v) is 2.58. The van der Waals surface area contributed by atoms with Crippen molar-refractivity contribution in [3.8, 4) is 0 Å². The van der Waals surface area contributed by atoms with E-state index in [1.54, 1.807) is 36.5 Å². The molecule has 4 nitrogen and oxygen atoms in total. The molecule has 14 heavy (non-hydrogen) atoms. The molecular formula is C10H11NO3. The Morgan fingerprint density at radius 2 is 2.07 bits per heavy atom. The maximum atomic E-state index is 10.2. The lowest BCUT2D eigenvalue weighted by Crippen LogP contribution is -1.93. The summed E-state index contributed by atoms with van der Waals surface area (Å²) in [6.45, 7) is 0.778. The lowest BCUT2D eigenvalue weighted by molar-refractivity contribution is 0.0697. The van der Waals surface area contributed by atoms with Crippen molar-refractivity contribution in [2.45, 2.75) is 6.42 Å². The average molecular weight is 193 g/mol. The summed E-state index contributed by atoms with van der Waals surface area (Å²) < 4.78 is 0. The van der Waals surface area contributed by atoms with Crippen LogP contribution in [0.15, 0.2) is 35.5 Å². The van der Waals surface area contributed by atoms with Crippen LogP contribution in [0, 0.1) is 0 Å². The van der Waals surface area contributed by atoms with E-state index in [9.17, 15) is 4.79 Å². The average Bonchev–Trinajstić information content (AvgIpc) is 2.77. The van der Waals surface area contributed by atoms with E-state index in [1.165, 1.54) is 0 Å². The van der Waals surface area contributed by atoms with Gasteiger partial charge in [0.05, 0.1) is 5.56 Å². The third-order valence-corrected chi connectivity index (χ3v) is 1.51. The van der Waals surface area contributed by atoms with Gasteiger partial charge in [0.25, 0.3) is 0 Å². The minimum atomic E-state index is -0.879. The largest absolute Gasteiger partial charge is 0.478 e. The van der Waals surface area contributed by atoms with E-state index in [4.69, 9.17) is 5.11 Å². The Bertz CT molecular complexity index is 302. The minimum absolute atomic E-state index is 0.331. The van der Waals surface area contributed by atoms with Crippen molar-refractivity contribution in [3.63, 3.8) is 0 Å². The fourth-order valence-electron chi connectivity index (χ4n) is 0.844. The fourth-order valence-corrected chi connectivity index (χ4v) is 0.844. The Labute approximate surface area is 81.8 Å². The summed E-state index contributed by atoms with van der Waals surface area (Å²) in [5.74, 6) is -0.879. The summed E-state index contributed by atoms with van der Waals surface area (Å²) in [6.07, 6.45) is 2.75. The number of carboxylic acids is 1. The molecule has 1 aliphatic rings. The van der Waals surface area contributed by atoms with Gasteiger partial charge in [-0.3, -0.25) is 0 Å². The predicted molar refractivity (Wildman–Crippen MR) is 52.5 cm³/mol. The summed E-state index contributed by atoms with van der Waals surface area (Å²) >= 11 is 0. The quantitative estimate of drug-likeness (QED) is 0.739. The van der Waals surface area contributed by atoms with Gasteiger partial charge in [-0.2, -0.15) is 0 Å². The number of oxime groups is 1. The number of carbonyl (C=O) groups is 1. The van der Waals surface area contributed by atoms with Crippen LogP contribution in [0.1, 0.15) is 16.8 Å². The van der Waals surface area contributed by atoms with Crippen LogP contribution in [-0.2, 0) is 4.84 Å². The van der Waals surface area contributed by atoms with Crippen LogP contribution in [0.3, 0.4) is 0 Å². The smallest absolute Gasteiger partial charge is 0.335 e. The predicted octanol–water partition coefficient (Wildman–Crippen LogP) is 1.78. The summed E-state index contributed by atoms with van der Waals surface area (Å²) in [4.78, 5) is 14.7. The highest BCUT2D eigenvalue weighted by molar-refractivity contribution is 5.87. The van der Waals surface area contributed by atoms with Crippen molar-refractivity contribution in [2.75, 3.05) is 6.61 Å². The first-order valence-electron chi connectivity index (χ1n) is 4.23. The van der Waals surface area contributed by atoms with Gasteiger partial charge in [0.2, 0.25) is 0 Å². The zero-order valence-corrected chi connectivity index (χ0v) is 7.59. The van der Waals surface area contributed by atoms with Gasteiger partial charge in [0.15, 0.2) is 0 Å². The standard InChI is InChI=1S/C7H6O2.C3H5NO/c8-7(9)6-4-2-1-3-5-6;1-2-4-5-3-1/h1-5H,(H,8,9);2H,1,3H2. The highest BCUT2D eigenvalue weighted by atomic mass is 16.6. The number of hydrogen-bond donors (Lipinski definition) is 1. The third kappa shape index (κ3) is 3.71. The number of rotatable bonds is 1. The van der Waals surface area contributed by atoms with Crippen molar-refractivity contribution >= 4 is 12.2 Å². The van der Waals surface area contributed by atoms with Crippen LogP contribution in [0.5, 0.6) is 0 Å². The molecule has 1 heterocycles. The normalized spacial score (nSPS) is 12.6. The van der Waals surface area contributed by atoms with Crippen LogP contribution in [0.25, 0.3) is 0 Å². The molecule has 1 aromatic rings. The molecule has 1 N–H and O–H groups in total. The number of aromatic carboxylic acids is 1. The summed E-state index contributed by atoms with van der Waals surface area (Å²) in [7, 11) is 0. The summed E-state index contributed by atoms with van der Waals surface area (Å²) in [6, 6.07) is 8.30. The topological polar surface area (TPSA) is 58.9 Å². The minimum Gasteiger partial charge on any atom is -0.478 e. The molecule has 1 aromatic carbocycles. The van der Waals surface area contributed by atoms with Crippen LogP contribution < -0.4 is 0 Å². The van der Waals surface area contributed by atoms with E-state index in [0.717, 1.165) is 13.0 Å². The van der Waals surface area contributed by atoms with Gasteiger partial charge in [-0.05, 0) is 12.1 Å². The molecule has 0 saturated carbocycles. The maximum absolute atomic E-state index is 10.2. The van der Waals surface area contributed by atoms with Gasteiger partial charge in [0.1, 0.15) is 6.61 Å². The van der Waals surface area contributed by atoms with Gasteiger partial charge in [-0.1, -0.05) is 23.4 Å². The van der Waals surface area contributed by atoms with E-state index >= 15 is 0 Å². The van der Waals surface area contributed by atoms with Gasteiger partial charge in [0, 0.05) is 12.6 Å². The molecule has 0 aliphatic carbocycles. The molecular weight excluding hydrogens is 182 g/mol. The molecule has 0 bridgehead atoms. The molecule has 4 heteroatoms. The Morgan fingerprint density at radius 3 is 2.36 bits per heavy atom. The van der Waals surface area contributed by atoms with E-state index < -0.39 is 5.97 Å². The van der Waals surface area contributed by atoms with Gasteiger partial charge < -0.3 is 9.94 Å². The van der Waals surface area contributed by atoms with E-state index in [-0.39, 0.29) is 0 Å². The van der Waals surface area contributed by atoms with Crippen LogP contribution in [-0.4, -0.2) is 23.9 Å². The Balaban J connectivity index is 0.000000165. The van der Waals surface area contributed by atoms with Gasteiger partial charge in [-0.15, -0.1) is 0 Å². The monoisotopic (exact) mass is 193 g/mol. The first kappa shape index (κ1) is 10.2. The molecule has 1 aliphatic heterocycles. The summed E-state index contributed by atoms with van der Waals surface area (Å²) in [5, 5.41) is 11.8. The van der Waals surface area contributed by atoms with Crippen molar-refractivity contribution in [2.24, 2.45) is 5.16 Å². The Kier molecular flexibility index (Phi) is 4.20. The Hall–Kier alpha value is -1.84. The first-order valence-corrected chi connectivity index (χ1v) is 4.23. The second kappa shape index (κ2) is 5.75. The van der Waals surface area contributed by atoms with E-state index in [0.29, 0.717) is 5.56 Å². The highest BCUT2D eigenvalue weighted by Crippen LogP contribution is 1.96. The number of nitrogens with zero attached hydrogens (tertiary/aromatic N) is 1. The third-order valence-electron chi connectivity index (χ3n) is 1.51. The molecule has 0 amide bonds. The molecule has 0 aromatic heterocycles. The van der Waals surface area contributed by atoms with Crippen molar-refractivity contribution in [3.05, 3.63) is 35.9 Å². The number of hydrogen-bond acceptors (Lipinski definition) is 3. The van der Waals surface area contributed by atoms with Gasteiger partial charge in [-0.25, -0.2) is 4.79 Å². The van der Waals surface area contributed by atoms with E-state index in [1.807, 2.05) is 0 Å². The molecule has 0 fully saturated rings. The molecule has 0 spiro atoms. The van der Waals surface area contributed by atoms with E-state index in [2.05, 4.69) is 9.99 Å². The maximum Gasteiger partial charge on any atom is 0.335 e. The van der Waals surface area contributed by atoms with Crippen LogP contribution in [0.4, 0.5) is 0 Å². The van der Waals surface area contributed by atoms with Crippen LogP contribution >= 0.6 is 0 Å².